The van der Waals surface area contributed by atoms with Gasteiger partial charge in [-0.05, 0) is 17.7 Å². The molecule has 0 aliphatic carbocycles. The number of carbonyl (C=O) groups is 3. The number of nitrogens with zero attached hydrogens (tertiary/aromatic N) is 3. The van der Waals surface area contributed by atoms with Crippen LogP contribution in [0.15, 0.2) is 48.5 Å². The first-order chi connectivity index (χ1) is 13.4. The van der Waals surface area contributed by atoms with Crippen molar-refractivity contribution in [3.05, 3.63) is 69.8 Å². The van der Waals surface area contributed by atoms with Gasteiger partial charge in [0.1, 0.15) is 0 Å². The number of ether oxygens (including phenoxy) is 1. The molecule has 2 aromatic carbocycles. The first-order valence-corrected chi connectivity index (χ1v) is 8.45. The zero-order valence-corrected chi connectivity index (χ0v) is 15.0. The molecule has 28 heavy (non-hydrogen) atoms. The normalized spacial score (nSPS) is 14.2. The lowest BCUT2D eigenvalue weighted by Crippen LogP contribution is -2.52. The summed E-state index contributed by atoms with van der Waals surface area (Å²) in [6.07, 6.45) is 0.0915. The van der Waals surface area contributed by atoms with Crippen LogP contribution in [0.3, 0.4) is 0 Å². The van der Waals surface area contributed by atoms with Crippen LogP contribution in [0.25, 0.3) is 0 Å². The fraction of sp³-hybridized carbons (Fsp3) is 0.211. The summed E-state index contributed by atoms with van der Waals surface area (Å²) in [6.45, 7) is 0.395. The minimum absolute atomic E-state index is 0.0440. The van der Waals surface area contributed by atoms with E-state index in [-0.39, 0.29) is 36.4 Å². The van der Waals surface area contributed by atoms with Crippen LogP contribution in [0.4, 0.5) is 16.2 Å². The number of imide groups is 1. The number of esters is 1. The molecule has 0 atom stereocenters. The van der Waals surface area contributed by atoms with Gasteiger partial charge in [-0.1, -0.05) is 24.3 Å². The molecule has 1 aliphatic heterocycles. The maximum atomic E-state index is 12.9. The Bertz CT molecular complexity index is 941. The highest BCUT2D eigenvalue weighted by Gasteiger charge is 2.35. The highest BCUT2D eigenvalue weighted by molar-refractivity contribution is 6.18. The van der Waals surface area contributed by atoms with Gasteiger partial charge in [0, 0.05) is 31.6 Å². The third-order valence-corrected chi connectivity index (χ3v) is 4.38. The third kappa shape index (κ3) is 3.68. The van der Waals surface area contributed by atoms with E-state index in [2.05, 4.69) is 0 Å². The number of rotatable bonds is 5. The molecule has 0 unspecified atom stereocenters. The van der Waals surface area contributed by atoms with E-state index in [0.717, 1.165) is 4.90 Å². The van der Waals surface area contributed by atoms with Crippen molar-refractivity contribution < 1.29 is 24.0 Å². The van der Waals surface area contributed by atoms with Crippen molar-refractivity contribution in [3.63, 3.8) is 0 Å². The van der Waals surface area contributed by atoms with Crippen LogP contribution in [-0.4, -0.2) is 41.4 Å². The van der Waals surface area contributed by atoms with Gasteiger partial charge in [0.15, 0.2) is 0 Å². The van der Waals surface area contributed by atoms with Gasteiger partial charge in [-0.25, -0.2) is 14.5 Å². The molecule has 0 bridgehead atoms. The Hall–Kier alpha value is -3.75. The van der Waals surface area contributed by atoms with Gasteiger partial charge in [0.25, 0.3) is 5.69 Å². The number of benzene rings is 2. The SMILES string of the molecule is COC(=O)c1ccccc1N1C(=O)CCN(Cc2ccc([N+](=O)[O-])cc2)C1=O. The van der Waals surface area contributed by atoms with Gasteiger partial charge in [0.05, 0.1) is 23.3 Å². The van der Waals surface area contributed by atoms with Crippen molar-refractivity contribution >= 4 is 29.3 Å². The number of hydrogen-bond acceptors (Lipinski definition) is 6. The molecule has 0 radical (unpaired) electrons. The number of nitro benzene ring substituents is 1. The van der Waals surface area contributed by atoms with Crippen LogP contribution < -0.4 is 4.90 Å². The predicted octanol–water partition coefficient (Wildman–Crippen LogP) is 2.74. The maximum absolute atomic E-state index is 12.9. The topological polar surface area (TPSA) is 110 Å². The van der Waals surface area contributed by atoms with Crippen LogP contribution in [0, 0.1) is 10.1 Å². The molecular weight excluding hydrogens is 366 g/mol. The Balaban J connectivity index is 1.86. The Labute approximate surface area is 160 Å². The van der Waals surface area contributed by atoms with Gasteiger partial charge in [-0.3, -0.25) is 14.9 Å². The monoisotopic (exact) mass is 383 g/mol. The van der Waals surface area contributed by atoms with E-state index in [1.165, 1.54) is 36.3 Å². The average molecular weight is 383 g/mol. The van der Waals surface area contributed by atoms with Gasteiger partial charge in [0.2, 0.25) is 5.91 Å². The molecule has 1 saturated heterocycles. The summed E-state index contributed by atoms with van der Waals surface area (Å²) in [7, 11) is 1.22. The molecule has 1 heterocycles. The predicted molar refractivity (Wildman–Crippen MR) is 98.8 cm³/mol. The molecule has 9 nitrogen and oxygen atoms in total. The van der Waals surface area contributed by atoms with Crippen molar-refractivity contribution in [2.45, 2.75) is 13.0 Å². The number of carbonyl (C=O) groups excluding carboxylic acids is 3. The summed E-state index contributed by atoms with van der Waals surface area (Å²) in [5.41, 5.74) is 0.925. The Kier molecular flexibility index (Phi) is 5.35. The summed E-state index contributed by atoms with van der Waals surface area (Å²) < 4.78 is 4.73. The fourth-order valence-corrected chi connectivity index (χ4v) is 2.96. The average Bonchev–Trinajstić information content (AvgIpc) is 2.70. The minimum Gasteiger partial charge on any atom is -0.465 e. The molecule has 1 fully saturated rings. The Morgan fingerprint density at radius 3 is 2.46 bits per heavy atom. The summed E-state index contributed by atoms with van der Waals surface area (Å²) in [4.78, 5) is 50.1. The van der Waals surface area contributed by atoms with Crippen LogP contribution in [0.5, 0.6) is 0 Å². The maximum Gasteiger partial charge on any atom is 0.339 e. The molecule has 2 aromatic rings. The summed E-state index contributed by atoms with van der Waals surface area (Å²) in [6, 6.07) is 11.5. The first-order valence-electron chi connectivity index (χ1n) is 8.45. The van der Waals surface area contributed by atoms with E-state index >= 15 is 0 Å². The second-order valence-electron chi connectivity index (χ2n) is 6.12. The van der Waals surface area contributed by atoms with Crippen LogP contribution >= 0.6 is 0 Å². The van der Waals surface area contributed by atoms with Crippen molar-refractivity contribution in [2.75, 3.05) is 18.6 Å². The second kappa shape index (κ2) is 7.87. The molecular formula is C19H17N3O6. The number of urea groups is 1. The van der Waals surface area contributed by atoms with Crippen LogP contribution in [0.2, 0.25) is 0 Å². The first kappa shape index (κ1) is 19.0. The standard InChI is InChI=1S/C19H17N3O6/c1-28-18(24)15-4-2-3-5-16(15)21-17(23)10-11-20(19(21)25)12-13-6-8-14(9-7-13)22(26)27/h2-9H,10-12H2,1H3. The second-order valence-corrected chi connectivity index (χ2v) is 6.12. The number of anilines is 1. The van der Waals surface area contributed by atoms with Gasteiger partial charge in [-0.2, -0.15) is 0 Å². The molecule has 0 spiro atoms. The van der Waals surface area contributed by atoms with Crippen LogP contribution in [0.1, 0.15) is 22.3 Å². The number of non-ortho nitro benzene ring substituents is 1. The summed E-state index contributed by atoms with van der Waals surface area (Å²) in [5, 5.41) is 10.8. The lowest BCUT2D eigenvalue weighted by atomic mass is 10.1. The number of nitro groups is 1. The molecule has 0 N–H and O–H groups in total. The van der Waals surface area contributed by atoms with E-state index in [1.54, 1.807) is 24.3 Å². The van der Waals surface area contributed by atoms with Crippen molar-refractivity contribution in [2.24, 2.45) is 0 Å². The lowest BCUT2D eigenvalue weighted by molar-refractivity contribution is -0.384. The largest absolute Gasteiger partial charge is 0.465 e. The third-order valence-electron chi connectivity index (χ3n) is 4.38. The molecule has 144 valence electrons. The number of para-hydroxylation sites is 1. The highest BCUT2D eigenvalue weighted by Crippen LogP contribution is 2.27. The van der Waals surface area contributed by atoms with E-state index in [4.69, 9.17) is 4.74 Å². The summed E-state index contributed by atoms with van der Waals surface area (Å²) in [5.74, 6) is -1.06. The quantitative estimate of drug-likeness (QED) is 0.446. The minimum atomic E-state index is -0.649. The summed E-state index contributed by atoms with van der Waals surface area (Å²) >= 11 is 0. The van der Waals surface area contributed by atoms with Gasteiger partial charge in [-0.15, -0.1) is 0 Å². The smallest absolute Gasteiger partial charge is 0.339 e. The van der Waals surface area contributed by atoms with Crippen molar-refractivity contribution in [1.29, 1.82) is 0 Å². The zero-order valence-electron chi connectivity index (χ0n) is 15.0. The molecule has 1 aliphatic rings. The van der Waals surface area contributed by atoms with E-state index in [9.17, 15) is 24.5 Å². The van der Waals surface area contributed by atoms with Crippen molar-refractivity contribution in [1.82, 2.24) is 4.90 Å². The fourth-order valence-electron chi connectivity index (χ4n) is 2.96. The molecule has 9 heteroatoms. The highest BCUT2D eigenvalue weighted by atomic mass is 16.6. The van der Waals surface area contributed by atoms with E-state index in [1.807, 2.05) is 0 Å². The molecule has 0 aromatic heterocycles. The zero-order chi connectivity index (χ0) is 20.3. The van der Waals surface area contributed by atoms with Crippen molar-refractivity contribution in [3.8, 4) is 0 Å². The van der Waals surface area contributed by atoms with E-state index in [0.29, 0.717) is 5.56 Å². The number of amides is 3. The molecule has 3 amide bonds. The number of hydrogen-bond donors (Lipinski definition) is 0. The van der Waals surface area contributed by atoms with Gasteiger partial charge < -0.3 is 9.64 Å². The molecule has 0 saturated carbocycles. The Morgan fingerprint density at radius 2 is 1.82 bits per heavy atom. The Morgan fingerprint density at radius 1 is 1.14 bits per heavy atom. The van der Waals surface area contributed by atoms with Gasteiger partial charge >= 0.3 is 12.0 Å². The van der Waals surface area contributed by atoms with Crippen LogP contribution in [-0.2, 0) is 16.1 Å². The molecule has 3 rings (SSSR count). The number of methoxy groups -OCH3 is 1. The van der Waals surface area contributed by atoms with E-state index < -0.39 is 22.8 Å². The lowest BCUT2D eigenvalue weighted by Gasteiger charge is -2.34.